The average Bonchev–Trinajstić information content (AvgIpc) is 3.46. The van der Waals surface area contributed by atoms with Crippen LogP contribution in [0.25, 0.3) is 4.85 Å². The summed E-state index contributed by atoms with van der Waals surface area (Å²) in [6.45, 7) is 12.7. The Kier molecular flexibility index (Phi) is 11.0. The number of halogens is 3. The summed E-state index contributed by atoms with van der Waals surface area (Å²) in [5, 5.41) is 13.2. The number of nitrogens with one attached hydrogen (secondary N) is 2. The van der Waals surface area contributed by atoms with Crippen LogP contribution in [-0.2, 0) is 20.6 Å². The number of ether oxygens (including phenoxy) is 1. The fourth-order valence-electron chi connectivity index (χ4n) is 8.67. The number of fused-ring (bicyclic) bond motifs is 1. The van der Waals surface area contributed by atoms with Crippen molar-refractivity contribution in [3.63, 3.8) is 0 Å². The molecule has 8 rings (SSSR count). The van der Waals surface area contributed by atoms with E-state index in [9.17, 15) is 37.1 Å². The number of nitrogens with zero attached hydrogens (tertiary/aromatic N) is 7. The second-order valence-corrected chi connectivity index (χ2v) is 15.8. The number of aromatic nitrogens is 2. The van der Waals surface area contributed by atoms with E-state index in [1.807, 2.05) is 6.07 Å². The standard InChI is InChI=1S/C41H42F3N9O6/c1-45-32-5-3-28(19-31(32)41(42,43)44)52-16-12-26(13-17-52)37(55)46-34-7-9-36(49-48-34)59-23-25-21-50(22-25)20-24-10-14-51(15-11-24)27-2-4-29-30(18-27)40(58)53(39(29)57)33-6-8-35(54)47-38(33)56/h2-5,7,9,18-19,24-26,33H,6,8,10-17,20-23H2,(H,46,48,55)(H,47,54,56). The maximum atomic E-state index is 13.4. The summed E-state index contributed by atoms with van der Waals surface area (Å²) in [5.74, 6) is -1.12. The molecule has 6 heterocycles. The third-order valence-electron chi connectivity index (χ3n) is 11.9. The van der Waals surface area contributed by atoms with Gasteiger partial charge in [0, 0.05) is 81.5 Å². The van der Waals surface area contributed by atoms with Gasteiger partial charge in [0.1, 0.15) is 6.04 Å². The van der Waals surface area contributed by atoms with Crippen molar-refractivity contribution in [3.05, 3.63) is 76.6 Å². The van der Waals surface area contributed by atoms with E-state index in [0.717, 1.165) is 62.2 Å². The third kappa shape index (κ3) is 8.42. The second-order valence-electron chi connectivity index (χ2n) is 15.8. The Labute approximate surface area is 337 Å². The van der Waals surface area contributed by atoms with E-state index in [1.165, 1.54) is 12.1 Å². The van der Waals surface area contributed by atoms with E-state index < -0.39 is 47.1 Å². The molecule has 1 atom stereocenters. The van der Waals surface area contributed by atoms with Gasteiger partial charge in [-0.05, 0) is 74.4 Å². The van der Waals surface area contributed by atoms with Gasteiger partial charge in [0.15, 0.2) is 11.5 Å². The number of rotatable bonds is 10. The maximum Gasteiger partial charge on any atom is 0.407 e. The van der Waals surface area contributed by atoms with E-state index in [0.29, 0.717) is 55.9 Å². The van der Waals surface area contributed by atoms with Crippen LogP contribution >= 0.6 is 0 Å². The van der Waals surface area contributed by atoms with Crippen LogP contribution in [0.3, 0.4) is 0 Å². The largest absolute Gasteiger partial charge is 0.476 e. The lowest BCUT2D eigenvalue weighted by Crippen LogP contribution is -2.54. The molecule has 0 bridgehead atoms. The molecule has 0 radical (unpaired) electrons. The predicted octanol–water partition coefficient (Wildman–Crippen LogP) is 4.53. The molecule has 0 saturated carbocycles. The number of imide groups is 2. The molecule has 4 saturated heterocycles. The number of hydrogen-bond acceptors (Lipinski definition) is 11. The van der Waals surface area contributed by atoms with Crippen LogP contribution in [0.4, 0.5) is 36.1 Å². The summed E-state index contributed by atoms with van der Waals surface area (Å²) in [7, 11) is 0. The van der Waals surface area contributed by atoms with E-state index in [-0.39, 0.29) is 41.6 Å². The number of benzene rings is 2. The van der Waals surface area contributed by atoms with Crippen LogP contribution in [0.15, 0.2) is 48.5 Å². The highest BCUT2D eigenvalue weighted by atomic mass is 19.4. The molecular weight excluding hydrogens is 772 g/mol. The van der Waals surface area contributed by atoms with Crippen LogP contribution < -0.4 is 25.2 Å². The Morgan fingerprint density at radius 1 is 0.847 bits per heavy atom. The van der Waals surface area contributed by atoms with Gasteiger partial charge in [-0.1, -0.05) is 6.07 Å². The fourth-order valence-corrected chi connectivity index (χ4v) is 8.67. The Balaban J connectivity index is 0.728. The minimum atomic E-state index is -4.63. The third-order valence-corrected chi connectivity index (χ3v) is 11.9. The first-order valence-electron chi connectivity index (χ1n) is 19.8. The molecule has 0 spiro atoms. The zero-order valence-electron chi connectivity index (χ0n) is 32.0. The molecule has 5 aliphatic heterocycles. The quantitative estimate of drug-likeness (QED) is 0.219. The van der Waals surface area contributed by atoms with Crippen LogP contribution in [0.5, 0.6) is 5.88 Å². The minimum absolute atomic E-state index is 0.0750. The Hall–Kier alpha value is -6.09. The van der Waals surface area contributed by atoms with Crippen molar-refractivity contribution in [1.82, 2.24) is 25.3 Å². The lowest BCUT2D eigenvalue weighted by molar-refractivity contribution is -0.137. The van der Waals surface area contributed by atoms with Gasteiger partial charge < -0.3 is 24.8 Å². The average molecular weight is 814 g/mol. The predicted molar refractivity (Wildman–Crippen MR) is 207 cm³/mol. The molecule has 5 amide bonds. The van der Waals surface area contributed by atoms with Gasteiger partial charge >= 0.3 is 6.18 Å². The highest BCUT2D eigenvalue weighted by Gasteiger charge is 2.45. The number of anilines is 3. The molecule has 4 fully saturated rings. The molecule has 3 aromatic rings. The van der Waals surface area contributed by atoms with Crippen LogP contribution in [-0.4, -0.2) is 108 Å². The maximum absolute atomic E-state index is 13.4. The minimum Gasteiger partial charge on any atom is -0.476 e. The summed E-state index contributed by atoms with van der Waals surface area (Å²) in [6.07, 6.45) is -1.58. The smallest absolute Gasteiger partial charge is 0.407 e. The van der Waals surface area contributed by atoms with E-state index in [1.54, 1.807) is 29.2 Å². The monoisotopic (exact) mass is 813 g/mol. The van der Waals surface area contributed by atoms with Gasteiger partial charge in [0.05, 0.1) is 29.9 Å². The van der Waals surface area contributed by atoms with Crippen molar-refractivity contribution in [2.75, 3.05) is 67.5 Å². The number of piperidine rings is 3. The lowest BCUT2D eigenvalue weighted by atomic mass is 9.92. The zero-order chi connectivity index (χ0) is 41.4. The summed E-state index contributed by atoms with van der Waals surface area (Å²) < 4.78 is 46.2. The van der Waals surface area contributed by atoms with Crippen LogP contribution in [0, 0.1) is 24.3 Å². The number of carbonyl (C=O) groups is 5. The van der Waals surface area contributed by atoms with E-state index in [4.69, 9.17) is 11.3 Å². The summed E-state index contributed by atoms with van der Waals surface area (Å²) in [5.41, 5.74) is 0.391. The SMILES string of the molecule is [C-]#[N+]c1ccc(N2CCC(C(=O)Nc3ccc(OCC4CN(CC5CCN(c6ccc7c(c6)C(=O)N(C6CCC(=O)NC6=O)C7=O)CC5)C4)nn3)CC2)cc1C(F)(F)F. The van der Waals surface area contributed by atoms with E-state index >= 15 is 0 Å². The molecule has 308 valence electrons. The van der Waals surface area contributed by atoms with Gasteiger partial charge in [0.2, 0.25) is 23.6 Å². The number of hydrogen-bond donors (Lipinski definition) is 2. The van der Waals surface area contributed by atoms with Gasteiger partial charge in [-0.3, -0.25) is 34.2 Å². The molecule has 5 aliphatic rings. The molecular formula is C41H42F3N9O6. The molecule has 18 heteroatoms. The summed E-state index contributed by atoms with van der Waals surface area (Å²) in [6, 6.07) is 11.2. The van der Waals surface area contributed by atoms with Crippen molar-refractivity contribution in [2.24, 2.45) is 17.8 Å². The van der Waals surface area contributed by atoms with Crippen molar-refractivity contribution >= 4 is 52.4 Å². The van der Waals surface area contributed by atoms with Crippen LogP contribution in [0.1, 0.15) is 64.8 Å². The number of carbonyl (C=O) groups excluding carboxylic acids is 5. The van der Waals surface area contributed by atoms with Gasteiger partial charge in [-0.25, -0.2) is 4.85 Å². The molecule has 59 heavy (non-hydrogen) atoms. The molecule has 1 aromatic heterocycles. The highest BCUT2D eigenvalue weighted by molar-refractivity contribution is 6.23. The number of alkyl halides is 3. The Morgan fingerprint density at radius 3 is 2.19 bits per heavy atom. The number of amides is 5. The van der Waals surface area contributed by atoms with Gasteiger partial charge in [0.25, 0.3) is 11.8 Å². The van der Waals surface area contributed by atoms with Crippen molar-refractivity contribution in [2.45, 2.75) is 50.7 Å². The summed E-state index contributed by atoms with van der Waals surface area (Å²) >= 11 is 0. The first-order valence-corrected chi connectivity index (χ1v) is 19.8. The zero-order valence-corrected chi connectivity index (χ0v) is 32.0. The van der Waals surface area contributed by atoms with E-state index in [2.05, 4.69) is 35.5 Å². The summed E-state index contributed by atoms with van der Waals surface area (Å²) in [4.78, 5) is 73.7. The lowest BCUT2D eigenvalue weighted by Gasteiger charge is -2.43. The second kappa shape index (κ2) is 16.3. The molecule has 2 N–H and O–H groups in total. The Bertz CT molecular complexity index is 2190. The number of likely N-dealkylation sites (tertiary alicyclic amines) is 1. The topological polar surface area (TPSA) is 162 Å². The molecule has 2 aromatic carbocycles. The van der Waals surface area contributed by atoms with Crippen molar-refractivity contribution < 1.29 is 41.9 Å². The molecule has 1 unspecified atom stereocenters. The van der Waals surface area contributed by atoms with Crippen LogP contribution in [0.2, 0.25) is 0 Å². The normalized spacial score (nSPS) is 20.9. The Morgan fingerprint density at radius 2 is 1.53 bits per heavy atom. The first-order chi connectivity index (χ1) is 28.3. The fraction of sp³-hybridized carbons (Fsp3) is 0.463. The van der Waals surface area contributed by atoms with Gasteiger partial charge in [-0.15, -0.1) is 10.2 Å². The highest BCUT2D eigenvalue weighted by Crippen LogP contribution is 2.39. The van der Waals surface area contributed by atoms with Crippen molar-refractivity contribution in [3.8, 4) is 5.88 Å². The first kappa shape index (κ1) is 39.7. The van der Waals surface area contributed by atoms with Gasteiger partial charge in [-0.2, -0.15) is 13.2 Å². The van der Waals surface area contributed by atoms with Crippen molar-refractivity contribution in [1.29, 1.82) is 0 Å². The molecule has 0 aliphatic carbocycles. The molecule has 15 nitrogen and oxygen atoms in total.